The molecule has 2 aromatic heterocycles. The van der Waals surface area contributed by atoms with E-state index in [9.17, 15) is 14.7 Å². The Labute approximate surface area is 175 Å². The average Bonchev–Trinajstić information content (AvgIpc) is 3.25. The highest BCUT2D eigenvalue weighted by molar-refractivity contribution is 6.19. The average molecular weight is 410 g/mol. The van der Waals surface area contributed by atoms with Gasteiger partial charge in [0.05, 0.1) is 12.2 Å². The van der Waals surface area contributed by atoms with Gasteiger partial charge in [0, 0.05) is 42.4 Å². The quantitative estimate of drug-likeness (QED) is 0.615. The summed E-state index contributed by atoms with van der Waals surface area (Å²) in [7, 11) is 1.64. The molecule has 0 radical (unpaired) electrons. The lowest BCUT2D eigenvalue weighted by Gasteiger charge is -2.14. The zero-order valence-electron chi connectivity index (χ0n) is 18.1. The van der Waals surface area contributed by atoms with Crippen LogP contribution in [-0.4, -0.2) is 27.4 Å². The number of aliphatic hydroxyl groups is 1. The third-order valence-electron chi connectivity index (χ3n) is 4.91. The molecule has 7 heteroatoms. The summed E-state index contributed by atoms with van der Waals surface area (Å²) in [5.74, 6) is 6.04. The first-order chi connectivity index (χ1) is 14.0. The van der Waals surface area contributed by atoms with E-state index in [1.165, 1.54) is 11.5 Å². The number of fused-ring (bicyclic) bond motifs is 1. The summed E-state index contributed by atoms with van der Waals surface area (Å²) in [4.78, 5) is 25.5. The van der Waals surface area contributed by atoms with E-state index in [2.05, 4.69) is 17.0 Å². The van der Waals surface area contributed by atoms with Crippen LogP contribution in [0.25, 0.3) is 5.57 Å². The fourth-order valence-electron chi connectivity index (χ4n) is 3.35. The minimum atomic E-state index is -1.56. The molecule has 7 nitrogen and oxygen atoms in total. The molecule has 1 N–H and O–H groups in total. The Balaban J connectivity index is 2.09. The summed E-state index contributed by atoms with van der Waals surface area (Å²) in [5, 5.41) is 14.6. The summed E-state index contributed by atoms with van der Waals surface area (Å²) >= 11 is 0. The molecule has 3 rings (SSSR count). The number of carbonyl (C=O) groups is 1. The maximum atomic E-state index is 12.8. The van der Waals surface area contributed by atoms with Crippen molar-refractivity contribution in [3.63, 3.8) is 0 Å². The van der Waals surface area contributed by atoms with Gasteiger partial charge in [-0.25, -0.2) is 4.79 Å². The lowest BCUT2D eigenvalue weighted by atomic mass is 9.98. The van der Waals surface area contributed by atoms with Crippen molar-refractivity contribution >= 4 is 11.5 Å². The number of pyridine rings is 1. The lowest BCUT2D eigenvalue weighted by molar-refractivity contribution is -0.137. The second-order valence-electron chi connectivity index (χ2n) is 8.28. The second kappa shape index (κ2) is 7.96. The maximum Gasteiger partial charge on any atom is 0.338 e. The molecule has 2 heterocycles. The molecule has 0 spiro atoms. The molecule has 0 bridgehead atoms. The highest BCUT2D eigenvalue weighted by Gasteiger charge is 2.31. The number of esters is 1. The highest BCUT2D eigenvalue weighted by atomic mass is 16.5. The van der Waals surface area contributed by atoms with Crippen LogP contribution in [-0.2, 0) is 28.6 Å². The van der Waals surface area contributed by atoms with E-state index in [4.69, 9.17) is 9.26 Å². The Morgan fingerprint density at radius 3 is 2.73 bits per heavy atom. The second-order valence-corrected chi connectivity index (χ2v) is 8.28. The highest BCUT2D eigenvalue weighted by Crippen LogP contribution is 2.34. The summed E-state index contributed by atoms with van der Waals surface area (Å²) in [5.41, 5.74) is 1.17. The topological polar surface area (TPSA) is 94.6 Å². The van der Waals surface area contributed by atoms with Crippen LogP contribution in [0.5, 0.6) is 0 Å². The van der Waals surface area contributed by atoms with Gasteiger partial charge in [0.2, 0.25) is 0 Å². The van der Waals surface area contributed by atoms with Crippen LogP contribution in [0.2, 0.25) is 0 Å². The minimum absolute atomic E-state index is 0.180. The van der Waals surface area contributed by atoms with Crippen LogP contribution in [0.1, 0.15) is 55.8 Å². The number of rotatable bonds is 4. The number of hydrogen-bond donors (Lipinski definition) is 1. The predicted molar refractivity (Wildman–Crippen MR) is 111 cm³/mol. The van der Waals surface area contributed by atoms with E-state index in [0.717, 1.165) is 5.57 Å². The number of hydrogen-bond acceptors (Lipinski definition) is 6. The summed E-state index contributed by atoms with van der Waals surface area (Å²) in [6.07, 6.45) is 1.94. The molecule has 30 heavy (non-hydrogen) atoms. The fraction of sp³-hybridized carbons (Fsp3) is 0.435. The normalized spacial score (nSPS) is 14.9. The van der Waals surface area contributed by atoms with Gasteiger partial charge >= 0.3 is 5.97 Å². The zero-order chi connectivity index (χ0) is 22.2. The van der Waals surface area contributed by atoms with Crippen molar-refractivity contribution in [2.75, 3.05) is 6.61 Å². The van der Waals surface area contributed by atoms with E-state index in [1.54, 1.807) is 26.2 Å². The van der Waals surface area contributed by atoms with Crippen LogP contribution in [0, 0.1) is 24.7 Å². The lowest BCUT2D eigenvalue weighted by Crippen LogP contribution is -2.23. The third-order valence-corrected chi connectivity index (χ3v) is 4.91. The Morgan fingerprint density at radius 2 is 2.13 bits per heavy atom. The molecule has 158 valence electrons. The smallest absolute Gasteiger partial charge is 0.338 e. The molecule has 1 aliphatic rings. The van der Waals surface area contributed by atoms with E-state index < -0.39 is 11.6 Å². The van der Waals surface area contributed by atoms with Gasteiger partial charge in [-0.15, -0.1) is 0 Å². The van der Waals surface area contributed by atoms with Gasteiger partial charge in [-0.1, -0.05) is 36.4 Å². The molecule has 0 saturated carbocycles. The van der Waals surface area contributed by atoms with Gasteiger partial charge in [-0.05, 0) is 26.7 Å². The molecule has 2 aromatic rings. The number of ether oxygens (including phenoxy) is 1. The van der Waals surface area contributed by atoms with Gasteiger partial charge in [0.15, 0.2) is 5.60 Å². The predicted octanol–water partition coefficient (Wildman–Crippen LogP) is 2.47. The SMILES string of the molecule is CC1=C(C(=O)OCC(C)C)c2c(C#C[C@@](C)(O)c3cc(C)on3)cn(C)c(=O)c2C1. The van der Waals surface area contributed by atoms with E-state index in [1.807, 2.05) is 20.8 Å². The summed E-state index contributed by atoms with van der Waals surface area (Å²) in [6.45, 7) is 9.25. The number of carbonyl (C=O) groups excluding carboxylic acids is 1. The van der Waals surface area contributed by atoms with Crippen LogP contribution in [0.4, 0.5) is 0 Å². The number of aryl methyl sites for hydroxylation is 2. The first kappa shape index (κ1) is 21.6. The molecule has 0 saturated heterocycles. The van der Waals surface area contributed by atoms with Crippen molar-refractivity contribution in [1.29, 1.82) is 0 Å². The minimum Gasteiger partial charge on any atom is -0.462 e. The van der Waals surface area contributed by atoms with E-state index >= 15 is 0 Å². The molecule has 0 aliphatic heterocycles. The molecule has 0 fully saturated rings. The van der Waals surface area contributed by atoms with Crippen LogP contribution in [0.15, 0.2) is 27.2 Å². The number of aromatic nitrogens is 2. The van der Waals surface area contributed by atoms with Gasteiger partial charge in [0.25, 0.3) is 5.56 Å². The number of nitrogens with zero attached hydrogens (tertiary/aromatic N) is 2. The molecular weight excluding hydrogens is 384 g/mol. The van der Waals surface area contributed by atoms with Crippen molar-refractivity contribution in [3.8, 4) is 11.8 Å². The van der Waals surface area contributed by atoms with Crippen molar-refractivity contribution in [3.05, 3.63) is 56.3 Å². The van der Waals surface area contributed by atoms with Gasteiger partial charge in [0.1, 0.15) is 11.5 Å². The zero-order valence-corrected chi connectivity index (χ0v) is 18.1. The third kappa shape index (κ3) is 4.10. The van der Waals surface area contributed by atoms with Gasteiger partial charge in [-0.2, -0.15) is 0 Å². The fourth-order valence-corrected chi connectivity index (χ4v) is 3.35. The Kier molecular flexibility index (Phi) is 5.73. The molecule has 1 aliphatic carbocycles. The molecule has 0 amide bonds. The van der Waals surface area contributed by atoms with Gasteiger partial charge < -0.3 is 18.9 Å². The van der Waals surface area contributed by atoms with Crippen molar-refractivity contribution in [1.82, 2.24) is 9.72 Å². The maximum absolute atomic E-state index is 12.8. The van der Waals surface area contributed by atoms with Gasteiger partial charge in [-0.3, -0.25) is 4.79 Å². The van der Waals surface area contributed by atoms with Crippen LogP contribution < -0.4 is 5.56 Å². The first-order valence-corrected chi connectivity index (χ1v) is 9.80. The van der Waals surface area contributed by atoms with Crippen molar-refractivity contribution in [2.24, 2.45) is 13.0 Å². The molecule has 0 aromatic carbocycles. The molecule has 0 unspecified atom stereocenters. The number of allylic oxidation sites excluding steroid dienone is 1. The van der Waals surface area contributed by atoms with E-state index in [-0.39, 0.29) is 23.8 Å². The van der Waals surface area contributed by atoms with Crippen molar-refractivity contribution < 1.29 is 19.2 Å². The van der Waals surface area contributed by atoms with Crippen molar-refractivity contribution in [2.45, 2.75) is 46.6 Å². The monoisotopic (exact) mass is 410 g/mol. The Hall–Kier alpha value is -3.11. The molecule has 1 atom stereocenters. The van der Waals surface area contributed by atoms with Crippen LogP contribution >= 0.6 is 0 Å². The van der Waals surface area contributed by atoms with Crippen LogP contribution in [0.3, 0.4) is 0 Å². The first-order valence-electron chi connectivity index (χ1n) is 9.80. The molecular formula is C23H26N2O5. The summed E-state index contributed by atoms with van der Waals surface area (Å²) in [6, 6.07) is 1.61. The van der Waals surface area contributed by atoms with E-state index in [0.29, 0.717) is 34.4 Å². The largest absolute Gasteiger partial charge is 0.462 e. The Bertz CT molecular complexity index is 1150. The standard InChI is InChI=1S/C23H26N2O5/c1-13(2)12-29-22(27)19-14(3)9-17-20(19)16(11-25(6)21(17)26)7-8-23(5,28)18-10-15(4)30-24-18/h10-11,13,28H,9,12H2,1-6H3/t23-/m1/s1. The Morgan fingerprint density at radius 1 is 1.43 bits per heavy atom. The summed E-state index contributed by atoms with van der Waals surface area (Å²) < 4.78 is 11.9.